The van der Waals surface area contributed by atoms with Crippen molar-refractivity contribution in [3.63, 3.8) is 0 Å². The second-order valence-electron chi connectivity index (χ2n) is 3.38. The van der Waals surface area contributed by atoms with Crippen LogP contribution in [0.25, 0.3) is 0 Å². The molecule has 0 radical (unpaired) electrons. The number of nitrogens with zero attached hydrogens (tertiary/aromatic N) is 1. The Morgan fingerprint density at radius 1 is 1.47 bits per heavy atom. The van der Waals surface area contributed by atoms with E-state index in [1.54, 1.807) is 0 Å². The van der Waals surface area contributed by atoms with E-state index >= 15 is 0 Å². The van der Waals surface area contributed by atoms with Gasteiger partial charge in [-0.15, -0.1) is 0 Å². The molecule has 78 valence electrons. The minimum Gasteiger partial charge on any atom is -0.378 e. The number of hydrogen-bond acceptors (Lipinski definition) is 2. The average molecular weight is 266 g/mol. The highest BCUT2D eigenvalue weighted by molar-refractivity contribution is 9.10. The van der Waals surface area contributed by atoms with E-state index in [-0.39, 0.29) is 0 Å². The summed E-state index contributed by atoms with van der Waals surface area (Å²) in [5.41, 5.74) is 2.17. The first-order chi connectivity index (χ1) is 7.24. The molecule has 0 spiro atoms. The molecule has 1 heterocycles. The van der Waals surface area contributed by atoms with Crippen molar-refractivity contribution in [2.24, 2.45) is 0 Å². The number of nitrogens with one attached hydrogen (secondary N) is 2. The van der Waals surface area contributed by atoms with Gasteiger partial charge in [-0.3, -0.25) is 0 Å². The molecule has 4 heteroatoms. The lowest BCUT2D eigenvalue weighted by atomic mass is 10.3. The van der Waals surface area contributed by atoms with Crippen LogP contribution in [0.4, 0.5) is 5.69 Å². The Morgan fingerprint density at radius 2 is 2.33 bits per heavy atom. The fourth-order valence-electron chi connectivity index (χ4n) is 1.34. The molecule has 0 aliphatic carbocycles. The van der Waals surface area contributed by atoms with Crippen molar-refractivity contribution in [2.45, 2.75) is 13.5 Å². The van der Waals surface area contributed by atoms with Crippen LogP contribution in [0.3, 0.4) is 0 Å². The summed E-state index contributed by atoms with van der Waals surface area (Å²) in [7, 11) is 0. The number of aryl methyl sites for hydroxylation is 1. The zero-order chi connectivity index (χ0) is 10.7. The molecule has 2 aromatic rings. The second-order valence-corrected chi connectivity index (χ2v) is 4.29. The summed E-state index contributed by atoms with van der Waals surface area (Å²) in [6.07, 6.45) is 1.83. The molecule has 1 aromatic heterocycles. The summed E-state index contributed by atoms with van der Waals surface area (Å²) in [5.74, 6) is 0.951. The summed E-state index contributed by atoms with van der Waals surface area (Å²) in [6, 6.07) is 8.07. The summed E-state index contributed by atoms with van der Waals surface area (Å²) < 4.78 is 1.07. The third kappa shape index (κ3) is 2.83. The van der Waals surface area contributed by atoms with Crippen LogP contribution in [0.1, 0.15) is 11.5 Å². The number of aromatic nitrogens is 2. The largest absolute Gasteiger partial charge is 0.378 e. The standard InChI is InChI=1S/C11H12BrN3/c1-8-6-14-11(15-8)7-13-10-4-2-3-9(12)5-10/h2-6,13H,7H2,1H3,(H,14,15). The predicted molar refractivity (Wildman–Crippen MR) is 64.8 cm³/mol. The highest BCUT2D eigenvalue weighted by Gasteiger charge is 1.97. The van der Waals surface area contributed by atoms with Crippen LogP contribution in [0.15, 0.2) is 34.9 Å². The number of aromatic amines is 1. The van der Waals surface area contributed by atoms with Gasteiger partial charge in [0.05, 0.1) is 6.54 Å². The van der Waals surface area contributed by atoms with Gasteiger partial charge in [-0.2, -0.15) is 0 Å². The maximum absolute atomic E-state index is 4.22. The number of halogens is 1. The number of rotatable bonds is 3. The van der Waals surface area contributed by atoms with Gasteiger partial charge in [-0.1, -0.05) is 22.0 Å². The highest BCUT2D eigenvalue weighted by atomic mass is 79.9. The lowest BCUT2D eigenvalue weighted by Crippen LogP contribution is -2.00. The normalized spacial score (nSPS) is 10.3. The van der Waals surface area contributed by atoms with E-state index in [1.165, 1.54) is 0 Å². The van der Waals surface area contributed by atoms with Gasteiger partial charge in [-0.25, -0.2) is 4.98 Å². The van der Waals surface area contributed by atoms with Crippen molar-refractivity contribution >= 4 is 21.6 Å². The maximum Gasteiger partial charge on any atom is 0.125 e. The fraction of sp³-hybridized carbons (Fsp3) is 0.182. The minimum absolute atomic E-state index is 0.713. The van der Waals surface area contributed by atoms with Crippen LogP contribution in [-0.4, -0.2) is 9.97 Å². The lowest BCUT2D eigenvalue weighted by Gasteiger charge is -2.04. The minimum atomic E-state index is 0.713. The van der Waals surface area contributed by atoms with Crippen molar-refractivity contribution in [1.29, 1.82) is 0 Å². The molecule has 0 unspecified atom stereocenters. The van der Waals surface area contributed by atoms with E-state index < -0.39 is 0 Å². The molecule has 2 rings (SSSR count). The molecular weight excluding hydrogens is 254 g/mol. The van der Waals surface area contributed by atoms with Crippen LogP contribution in [-0.2, 0) is 6.54 Å². The second kappa shape index (κ2) is 4.49. The molecule has 0 aliphatic heterocycles. The van der Waals surface area contributed by atoms with Gasteiger partial charge in [-0.05, 0) is 25.1 Å². The Morgan fingerprint density at radius 3 is 3.00 bits per heavy atom. The third-order valence-electron chi connectivity index (χ3n) is 2.04. The molecule has 15 heavy (non-hydrogen) atoms. The van der Waals surface area contributed by atoms with Crippen molar-refractivity contribution in [2.75, 3.05) is 5.32 Å². The molecule has 2 N–H and O–H groups in total. The third-order valence-corrected chi connectivity index (χ3v) is 2.53. The van der Waals surface area contributed by atoms with E-state index in [0.717, 1.165) is 21.7 Å². The van der Waals surface area contributed by atoms with Gasteiger partial charge in [0.2, 0.25) is 0 Å². The predicted octanol–water partition coefficient (Wildman–Crippen LogP) is 3.09. The van der Waals surface area contributed by atoms with E-state index in [0.29, 0.717) is 6.54 Å². The highest BCUT2D eigenvalue weighted by Crippen LogP contribution is 2.15. The average Bonchev–Trinajstić information content (AvgIpc) is 2.62. The number of anilines is 1. The summed E-state index contributed by atoms with van der Waals surface area (Å²) >= 11 is 3.43. The van der Waals surface area contributed by atoms with Crippen LogP contribution in [0, 0.1) is 6.92 Å². The zero-order valence-electron chi connectivity index (χ0n) is 8.42. The number of H-pyrrole nitrogens is 1. The van der Waals surface area contributed by atoms with Crippen LogP contribution < -0.4 is 5.32 Å². The van der Waals surface area contributed by atoms with Gasteiger partial charge < -0.3 is 10.3 Å². The summed E-state index contributed by atoms with van der Waals surface area (Å²) in [4.78, 5) is 7.40. The SMILES string of the molecule is Cc1cnc(CNc2cccc(Br)c2)[nH]1. The quantitative estimate of drug-likeness (QED) is 0.896. The number of benzene rings is 1. The van der Waals surface area contributed by atoms with Gasteiger partial charge in [0.25, 0.3) is 0 Å². The van der Waals surface area contributed by atoms with E-state index in [4.69, 9.17) is 0 Å². The van der Waals surface area contributed by atoms with Crippen LogP contribution >= 0.6 is 15.9 Å². The zero-order valence-corrected chi connectivity index (χ0v) is 10.0. The first-order valence-electron chi connectivity index (χ1n) is 4.74. The molecule has 3 nitrogen and oxygen atoms in total. The van der Waals surface area contributed by atoms with E-state index in [9.17, 15) is 0 Å². The van der Waals surface area contributed by atoms with Crippen molar-refractivity contribution in [3.8, 4) is 0 Å². The van der Waals surface area contributed by atoms with E-state index in [2.05, 4.69) is 31.2 Å². The maximum atomic E-state index is 4.22. The first kappa shape index (κ1) is 10.2. The van der Waals surface area contributed by atoms with Crippen molar-refractivity contribution in [1.82, 2.24) is 9.97 Å². The molecular formula is C11H12BrN3. The Balaban J connectivity index is 1.99. The first-order valence-corrected chi connectivity index (χ1v) is 5.53. The Labute approximate surface area is 97.1 Å². The summed E-state index contributed by atoms with van der Waals surface area (Å²) in [6.45, 7) is 2.71. The Bertz CT molecular complexity index is 451. The fourth-order valence-corrected chi connectivity index (χ4v) is 1.74. The van der Waals surface area contributed by atoms with Crippen LogP contribution in [0.2, 0.25) is 0 Å². The molecule has 0 saturated heterocycles. The number of imidazole rings is 1. The Kier molecular flexibility index (Phi) is 3.06. The molecule has 0 amide bonds. The molecule has 1 aromatic carbocycles. The Hall–Kier alpha value is -1.29. The lowest BCUT2D eigenvalue weighted by molar-refractivity contribution is 0.992. The summed E-state index contributed by atoms with van der Waals surface area (Å²) in [5, 5.41) is 3.29. The van der Waals surface area contributed by atoms with Gasteiger partial charge in [0.1, 0.15) is 5.82 Å². The molecule has 0 saturated carbocycles. The topological polar surface area (TPSA) is 40.7 Å². The molecule has 0 bridgehead atoms. The van der Waals surface area contributed by atoms with Crippen molar-refractivity contribution in [3.05, 3.63) is 46.5 Å². The smallest absolute Gasteiger partial charge is 0.125 e. The molecule has 0 aliphatic rings. The molecule has 0 fully saturated rings. The monoisotopic (exact) mass is 265 g/mol. The van der Waals surface area contributed by atoms with Gasteiger partial charge in [0, 0.05) is 22.1 Å². The van der Waals surface area contributed by atoms with Crippen molar-refractivity contribution < 1.29 is 0 Å². The van der Waals surface area contributed by atoms with E-state index in [1.807, 2.05) is 37.4 Å². The number of hydrogen-bond donors (Lipinski definition) is 2. The van der Waals surface area contributed by atoms with Crippen LogP contribution in [0.5, 0.6) is 0 Å². The van der Waals surface area contributed by atoms with Gasteiger partial charge >= 0.3 is 0 Å². The molecule has 0 atom stereocenters. The van der Waals surface area contributed by atoms with Gasteiger partial charge in [0.15, 0.2) is 0 Å².